The summed E-state index contributed by atoms with van der Waals surface area (Å²) in [6.07, 6.45) is 8.83. The second-order valence-corrected chi connectivity index (χ2v) is 10.2. The van der Waals surface area contributed by atoms with E-state index in [0.717, 1.165) is 38.0 Å². The van der Waals surface area contributed by atoms with Gasteiger partial charge in [-0.3, -0.25) is 0 Å². The third-order valence-corrected chi connectivity index (χ3v) is 9.62. The quantitative estimate of drug-likeness (QED) is 0.674. The molecule has 0 bridgehead atoms. The minimum atomic E-state index is -0.495. The summed E-state index contributed by atoms with van der Waals surface area (Å²) in [7, 11) is 0. The van der Waals surface area contributed by atoms with Gasteiger partial charge in [-0.25, -0.2) is 0 Å². The lowest BCUT2D eigenvalue weighted by atomic mass is 9.44. The summed E-state index contributed by atoms with van der Waals surface area (Å²) in [5.41, 5.74) is -0.171. The number of aliphatic hydroxyl groups is 2. The first-order chi connectivity index (χ1) is 10.7. The summed E-state index contributed by atoms with van der Waals surface area (Å²) in [5.74, 6) is 2.09. The molecule has 0 aromatic carbocycles. The Labute approximate surface area is 139 Å². The molecule has 23 heavy (non-hydrogen) atoms. The molecule has 5 aliphatic rings. The van der Waals surface area contributed by atoms with Crippen LogP contribution in [0.5, 0.6) is 0 Å². The Bertz CT molecular complexity index is 545. The summed E-state index contributed by atoms with van der Waals surface area (Å²) in [5, 5.41) is 21.2. The largest absolute Gasteiger partial charge is 0.393 e. The topological polar surface area (TPSA) is 53.0 Å². The molecule has 0 aromatic heterocycles. The summed E-state index contributed by atoms with van der Waals surface area (Å²) in [6.45, 7) is 6.89. The van der Waals surface area contributed by atoms with Crippen LogP contribution < -0.4 is 0 Å². The molecule has 1 spiro atoms. The summed E-state index contributed by atoms with van der Waals surface area (Å²) in [6, 6.07) is 0. The highest BCUT2D eigenvalue weighted by atomic mass is 16.6. The van der Waals surface area contributed by atoms with Crippen molar-refractivity contribution in [2.45, 2.75) is 95.5 Å². The van der Waals surface area contributed by atoms with Gasteiger partial charge in [-0.1, -0.05) is 13.8 Å². The monoisotopic (exact) mass is 320 g/mol. The Morgan fingerprint density at radius 3 is 2.35 bits per heavy atom. The average molecular weight is 320 g/mol. The van der Waals surface area contributed by atoms with Crippen molar-refractivity contribution in [2.24, 2.45) is 28.6 Å². The van der Waals surface area contributed by atoms with E-state index < -0.39 is 5.60 Å². The maximum Gasteiger partial charge on any atom is 0.103 e. The Morgan fingerprint density at radius 1 is 0.913 bits per heavy atom. The molecule has 1 heterocycles. The van der Waals surface area contributed by atoms with Crippen molar-refractivity contribution in [1.82, 2.24) is 0 Å². The van der Waals surface area contributed by atoms with Crippen LogP contribution in [0, 0.1) is 28.6 Å². The van der Waals surface area contributed by atoms with Gasteiger partial charge in [0.1, 0.15) is 5.60 Å². The molecule has 1 saturated heterocycles. The lowest BCUT2D eigenvalue weighted by Crippen LogP contribution is -2.59. The zero-order valence-electron chi connectivity index (χ0n) is 14.8. The van der Waals surface area contributed by atoms with Crippen LogP contribution in [-0.4, -0.2) is 33.6 Å². The number of ether oxygens (including phenoxy) is 1. The highest BCUT2D eigenvalue weighted by Crippen LogP contribution is 2.74. The number of aliphatic hydroxyl groups excluding tert-OH is 1. The Hall–Kier alpha value is -0.120. The predicted octanol–water partition coefficient (Wildman–Crippen LogP) is 3.27. The van der Waals surface area contributed by atoms with E-state index >= 15 is 0 Å². The van der Waals surface area contributed by atoms with Crippen LogP contribution in [0.2, 0.25) is 0 Å². The Kier molecular flexibility index (Phi) is 2.74. The second kappa shape index (κ2) is 4.16. The molecule has 9 atom stereocenters. The Balaban J connectivity index is 1.52. The highest BCUT2D eigenvalue weighted by Gasteiger charge is 2.76. The minimum absolute atomic E-state index is 0.0132. The number of epoxide rings is 1. The first-order valence-electron chi connectivity index (χ1n) is 9.82. The fourth-order valence-corrected chi connectivity index (χ4v) is 7.90. The lowest BCUT2D eigenvalue weighted by Gasteiger charge is -2.59. The van der Waals surface area contributed by atoms with Gasteiger partial charge in [-0.2, -0.15) is 0 Å². The van der Waals surface area contributed by atoms with Gasteiger partial charge in [0.15, 0.2) is 0 Å². The van der Waals surface area contributed by atoms with Crippen LogP contribution in [0.15, 0.2) is 0 Å². The lowest BCUT2D eigenvalue weighted by molar-refractivity contribution is -0.143. The Morgan fingerprint density at radius 2 is 1.57 bits per heavy atom. The number of hydrogen-bond acceptors (Lipinski definition) is 3. The van der Waals surface area contributed by atoms with Gasteiger partial charge in [0.05, 0.1) is 17.8 Å². The van der Waals surface area contributed by atoms with Gasteiger partial charge in [0.2, 0.25) is 0 Å². The van der Waals surface area contributed by atoms with E-state index in [4.69, 9.17) is 4.74 Å². The molecule has 130 valence electrons. The number of fused-ring (bicyclic) bond motifs is 4. The van der Waals surface area contributed by atoms with Gasteiger partial charge in [0, 0.05) is 11.8 Å². The third kappa shape index (κ3) is 1.58. The standard InChI is InChI=1S/C20H32O3/c1-17-8-5-15-13(14(17)6-9-19(17,3)22)10-16-20(23-16)11-12(21)4-7-18(15,20)2/h12-16,21-22H,4-11H2,1-3H3/t12-,13-,14+,15-,16+,17+,18-,19+,20+/m1/s1. The fourth-order valence-electron chi connectivity index (χ4n) is 7.90. The van der Waals surface area contributed by atoms with Gasteiger partial charge >= 0.3 is 0 Å². The fraction of sp³-hybridized carbons (Fsp3) is 1.00. The number of rotatable bonds is 0. The summed E-state index contributed by atoms with van der Waals surface area (Å²) in [4.78, 5) is 0. The van der Waals surface area contributed by atoms with E-state index in [2.05, 4.69) is 20.8 Å². The average Bonchev–Trinajstić information content (AvgIpc) is 3.11. The second-order valence-electron chi connectivity index (χ2n) is 10.2. The van der Waals surface area contributed by atoms with Crippen LogP contribution in [0.25, 0.3) is 0 Å². The van der Waals surface area contributed by atoms with E-state index in [1.54, 1.807) is 0 Å². The number of hydrogen-bond donors (Lipinski definition) is 2. The van der Waals surface area contributed by atoms with Crippen molar-refractivity contribution in [3.63, 3.8) is 0 Å². The minimum Gasteiger partial charge on any atom is -0.393 e. The van der Waals surface area contributed by atoms with E-state index in [1.807, 2.05) is 0 Å². The molecule has 4 saturated carbocycles. The molecular formula is C20H32O3. The molecule has 3 nitrogen and oxygen atoms in total. The van der Waals surface area contributed by atoms with Crippen LogP contribution in [0.3, 0.4) is 0 Å². The molecular weight excluding hydrogens is 288 g/mol. The van der Waals surface area contributed by atoms with E-state index in [0.29, 0.717) is 17.9 Å². The molecule has 0 aromatic rings. The molecule has 4 aliphatic carbocycles. The maximum atomic E-state index is 11.0. The van der Waals surface area contributed by atoms with Crippen LogP contribution in [0.4, 0.5) is 0 Å². The highest BCUT2D eigenvalue weighted by molar-refractivity contribution is 5.24. The van der Waals surface area contributed by atoms with Crippen LogP contribution in [0.1, 0.15) is 72.1 Å². The molecule has 0 radical (unpaired) electrons. The van der Waals surface area contributed by atoms with Crippen molar-refractivity contribution in [3.8, 4) is 0 Å². The van der Waals surface area contributed by atoms with Gasteiger partial charge in [0.25, 0.3) is 0 Å². The first-order valence-corrected chi connectivity index (χ1v) is 9.82. The van der Waals surface area contributed by atoms with Crippen molar-refractivity contribution in [1.29, 1.82) is 0 Å². The van der Waals surface area contributed by atoms with Gasteiger partial charge in [-0.15, -0.1) is 0 Å². The smallest absolute Gasteiger partial charge is 0.103 e. The van der Waals surface area contributed by atoms with Crippen LogP contribution in [-0.2, 0) is 4.74 Å². The molecule has 0 amide bonds. The maximum absolute atomic E-state index is 11.0. The normalized spacial score (nSPS) is 66.9. The zero-order valence-corrected chi connectivity index (χ0v) is 14.8. The van der Waals surface area contributed by atoms with E-state index in [1.165, 1.54) is 19.3 Å². The zero-order chi connectivity index (χ0) is 16.3. The molecule has 5 rings (SSSR count). The van der Waals surface area contributed by atoms with E-state index in [9.17, 15) is 10.2 Å². The predicted molar refractivity (Wildman–Crippen MR) is 87.9 cm³/mol. The van der Waals surface area contributed by atoms with Crippen molar-refractivity contribution >= 4 is 0 Å². The summed E-state index contributed by atoms with van der Waals surface area (Å²) >= 11 is 0. The SMILES string of the molecule is C[C@]1(O)CC[C@H]2[C@H]3C[C@@H]4O[C@@]45C[C@H](O)CC[C@]5(C)[C@@H]3CC[C@@]21C. The van der Waals surface area contributed by atoms with Gasteiger partial charge < -0.3 is 14.9 Å². The third-order valence-electron chi connectivity index (χ3n) is 9.62. The van der Waals surface area contributed by atoms with Gasteiger partial charge in [-0.05, 0) is 75.0 Å². The van der Waals surface area contributed by atoms with Crippen molar-refractivity contribution < 1.29 is 14.9 Å². The van der Waals surface area contributed by atoms with Crippen molar-refractivity contribution in [3.05, 3.63) is 0 Å². The summed E-state index contributed by atoms with van der Waals surface area (Å²) < 4.78 is 6.35. The van der Waals surface area contributed by atoms with E-state index in [-0.39, 0.29) is 22.5 Å². The molecule has 3 heteroatoms. The molecule has 1 aliphatic heterocycles. The van der Waals surface area contributed by atoms with Crippen LogP contribution >= 0.6 is 0 Å². The van der Waals surface area contributed by atoms with Crippen molar-refractivity contribution in [2.75, 3.05) is 0 Å². The molecule has 2 N–H and O–H groups in total. The molecule has 0 unspecified atom stereocenters. The first kappa shape index (κ1) is 15.2. The molecule has 5 fully saturated rings.